The molecule has 0 aromatic carbocycles. The number of rotatable bonds is 5. The number of amides is 1. The Hall–Kier alpha value is -0.790. The van der Waals surface area contributed by atoms with Crippen LogP contribution in [-0.4, -0.2) is 11.9 Å². The first-order valence-corrected chi connectivity index (χ1v) is 4.64. The highest BCUT2D eigenvalue weighted by Gasteiger charge is 2.09. The Labute approximate surface area is 75.0 Å². The molecular formula is C10H19NO. The second-order valence-electron chi connectivity index (χ2n) is 2.94. The van der Waals surface area contributed by atoms with Crippen LogP contribution in [0.1, 0.15) is 40.0 Å². The minimum atomic E-state index is 0.00574. The Morgan fingerprint density at radius 1 is 1.33 bits per heavy atom. The van der Waals surface area contributed by atoms with E-state index in [-0.39, 0.29) is 5.91 Å². The van der Waals surface area contributed by atoms with Crippen LogP contribution in [0.3, 0.4) is 0 Å². The molecular weight excluding hydrogens is 150 g/mol. The molecule has 0 aromatic rings. The molecule has 0 aliphatic rings. The molecule has 0 atom stereocenters. The first-order valence-electron chi connectivity index (χ1n) is 4.64. The van der Waals surface area contributed by atoms with Gasteiger partial charge >= 0.3 is 0 Å². The third-order valence-electron chi connectivity index (χ3n) is 2.07. The highest BCUT2D eigenvalue weighted by Crippen LogP contribution is 2.00. The maximum absolute atomic E-state index is 11.3. The molecule has 0 heterocycles. The van der Waals surface area contributed by atoms with E-state index in [9.17, 15) is 4.79 Å². The minimum Gasteiger partial charge on any atom is -0.350 e. The standard InChI is InChI=1S/C10H19NO/c1-5-8(4)10(12)11-9(6-2)7-3/h9H,4-7H2,1-3H3,(H,11,12). The minimum absolute atomic E-state index is 0.00574. The number of hydrogen-bond donors (Lipinski definition) is 1. The van der Waals surface area contributed by atoms with Gasteiger partial charge < -0.3 is 5.32 Å². The maximum Gasteiger partial charge on any atom is 0.246 e. The molecule has 0 bridgehead atoms. The second-order valence-corrected chi connectivity index (χ2v) is 2.94. The molecule has 0 saturated heterocycles. The molecule has 0 spiro atoms. The smallest absolute Gasteiger partial charge is 0.246 e. The quantitative estimate of drug-likeness (QED) is 0.628. The van der Waals surface area contributed by atoms with E-state index in [4.69, 9.17) is 0 Å². The molecule has 0 rings (SSSR count). The lowest BCUT2D eigenvalue weighted by Gasteiger charge is -2.14. The fourth-order valence-electron chi connectivity index (χ4n) is 0.941. The second kappa shape index (κ2) is 5.81. The molecule has 0 aromatic heterocycles. The Kier molecular flexibility index (Phi) is 5.43. The van der Waals surface area contributed by atoms with Crippen LogP contribution < -0.4 is 5.32 Å². The van der Waals surface area contributed by atoms with Crippen molar-refractivity contribution in [2.75, 3.05) is 0 Å². The van der Waals surface area contributed by atoms with Crippen molar-refractivity contribution < 1.29 is 4.79 Å². The molecule has 2 nitrogen and oxygen atoms in total. The summed E-state index contributed by atoms with van der Waals surface area (Å²) >= 11 is 0. The topological polar surface area (TPSA) is 29.1 Å². The van der Waals surface area contributed by atoms with Crippen LogP contribution in [-0.2, 0) is 4.79 Å². The van der Waals surface area contributed by atoms with Crippen LogP contribution in [0.2, 0.25) is 0 Å². The number of carbonyl (C=O) groups is 1. The molecule has 0 saturated carbocycles. The van der Waals surface area contributed by atoms with Crippen molar-refractivity contribution in [2.24, 2.45) is 0 Å². The molecule has 0 fully saturated rings. The molecule has 0 unspecified atom stereocenters. The van der Waals surface area contributed by atoms with Gasteiger partial charge in [-0.25, -0.2) is 0 Å². The summed E-state index contributed by atoms with van der Waals surface area (Å²) < 4.78 is 0. The van der Waals surface area contributed by atoms with Crippen LogP contribution in [0.15, 0.2) is 12.2 Å². The Bertz CT molecular complexity index is 159. The van der Waals surface area contributed by atoms with Gasteiger partial charge in [0.25, 0.3) is 0 Å². The van der Waals surface area contributed by atoms with E-state index < -0.39 is 0 Å². The van der Waals surface area contributed by atoms with E-state index in [0.29, 0.717) is 11.6 Å². The molecule has 1 amide bonds. The molecule has 0 aliphatic carbocycles. The van der Waals surface area contributed by atoms with Gasteiger partial charge in [0.1, 0.15) is 0 Å². The van der Waals surface area contributed by atoms with Crippen LogP contribution in [0.5, 0.6) is 0 Å². The molecule has 1 N–H and O–H groups in total. The van der Waals surface area contributed by atoms with E-state index in [0.717, 1.165) is 19.3 Å². The molecule has 70 valence electrons. The van der Waals surface area contributed by atoms with Gasteiger partial charge in [0.2, 0.25) is 5.91 Å². The van der Waals surface area contributed by atoms with Crippen molar-refractivity contribution in [2.45, 2.75) is 46.1 Å². The van der Waals surface area contributed by atoms with E-state index in [1.165, 1.54) is 0 Å². The van der Waals surface area contributed by atoms with Gasteiger partial charge in [-0.1, -0.05) is 27.4 Å². The van der Waals surface area contributed by atoms with E-state index in [2.05, 4.69) is 25.7 Å². The zero-order chi connectivity index (χ0) is 9.56. The predicted octanol–water partition coefficient (Wildman–Crippen LogP) is 2.26. The van der Waals surface area contributed by atoms with Gasteiger partial charge in [-0.05, 0) is 19.3 Å². The zero-order valence-electron chi connectivity index (χ0n) is 8.31. The summed E-state index contributed by atoms with van der Waals surface area (Å²) in [4.78, 5) is 11.3. The molecule has 12 heavy (non-hydrogen) atoms. The van der Waals surface area contributed by atoms with Crippen LogP contribution in [0, 0.1) is 0 Å². The van der Waals surface area contributed by atoms with Crippen LogP contribution in [0.4, 0.5) is 0 Å². The summed E-state index contributed by atoms with van der Waals surface area (Å²) in [6.45, 7) is 9.77. The van der Waals surface area contributed by atoms with Crippen molar-refractivity contribution in [1.82, 2.24) is 5.32 Å². The zero-order valence-corrected chi connectivity index (χ0v) is 8.31. The van der Waals surface area contributed by atoms with Crippen LogP contribution in [0.25, 0.3) is 0 Å². The van der Waals surface area contributed by atoms with Gasteiger partial charge in [0, 0.05) is 11.6 Å². The Morgan fingerprint density at radius 2 is 1.83 bits per heavy atom. The summed E-state index contributed by atoms with van der Waals surface area (Å²) in [5.41, 5.74) is 0.668. The first kappa shape index (κ1) is 11.2. The van der Waals surface area contributed by atoms with E-state index >= 15 is 0 Å². The van der Waals surface area contributed by atoms with Gasteiger partial charge in [-0.3, -0.25) is 4.79 Å². The van der Waals surface area contributed by atoms with Crippen molar-refractivity contribution in [3.8, 4) is 0 Å². The Morgan fingerprint density at radius 3 is 2.17 bits per heavy atom. The van der Waals surface area contributed by atoms with Gasteiger partial charge in [-0.2, -0.15) is 0 Å². The van der Waals surface area contributed by atoms with Crippen molar-refractivity contribution in [3.05, 3.63) is 12.2 Å². The average molecular weight is 169 g/mol. The van der Waals surface area contributed by atoms with E-state index in [1.807, 2.05) is 6.92 Å². The van der Waals surface area contributed by atoms with E-state index in [1.54, 1.807) is 0 Å². The lowest BCUT2D eigenvalue weighted by atomic mass is 10.1. The lowest BCUT2D eigenvalue weighted by molar-refractivity contribution is -0.118. The SMILES string of the molecule is C=C(CC)C(=O)NC(CC)CC. The predicted molar refractivity (Wildman–Crippen MR) is 51.9 cm³/mol. The normalized spacial score (nSPS) is 10.0. The van der Waals surface area contributed by atoms with Gasteiger partial charge in [-0.15, -0.1) is 0 Å². The highest BCUT2D eigenvalue weighted by atomic mass is 16.1. The summed E-state index contributed by atoms with van der Waals surface area (Å²) in [6, 6.07) is 0.306. The fraction of sp³-hybridized carbons (Fsp3) is 0.700. The maximum atomic E-state index is 11.3. The van der Waals surface area contributed by atoms with Crippen molar-refractivity contribution in [3.63, 3.8) is 0 Å². The highest BCUT2D eigenvalue weighted by molar-refractivity contribution is 5.92. The van der Waals surface area contributed by atoms with Crippen molar-refractivity contribution >= 4 is 5.91 Å². The molecule has 0 aliphatic heterocycles. The third kappa shape index (κ3) is 3.56. The summed E-state index contributed by atoms with van der Waals surface area (Å²) in [5, 5.41) is 2.93. The third-order valence-corrected chi connectivity index (χ3v) is 2.07. The summed E-state index contributed by atoms with van der Waals surface area (Å²) in [7, 11) is 0. The van der Waals surface area contributed by atoms with Crippen LogP contribution >= 0.6 is 0 Å². The van der Waals surface area contributed by atoms with Crippen molar-refractivity contribution in [1.29, 1.82) is 0 Å². The lowest BCUT2D eigenvalue weighted by Crippen LogP contribution is -2.34. The van der Waals surface area contributed by atoms with Gasteiger partial charge in [0.15, 0.2) is 0 Å². The Balaban J connectivity index is 3.89. The molecule has 0 radical (unpaired) electrons. The average Bonchev–Trinajstić information content (AvgIpc) is 2.12. The number of hydrogen-bond acceptors (Lipinski definition) is 1. The van der Waals surface area contributed by atoms with Gasteiger partial charge in [0.05, 0.1) is 0 Å². The monoisotopic (exact) mass is 169 g/mol. The first-order chi connectivity index (χ1) is 5.65. The largest absolute Gasteiger partial charge is 0.350 e. The summed E-state index contributed by atoms with van der Waals surface area (Å²) in [6.07, 6.45) is 2.70. The fourth-order valence-corrected chi connectivity index (χ4v) is 0.941. The summed E-state index contributed by atoms with van der Waals surface area (Å²) in [5.74, 6) is 0.00574. The number of carbonyl (C=O) groups excluding carboxylic acids is 1. The number of nitrogens with one attached hydrogen (secondary N) is 1. The molecule has 2 heteroatoms.